The Morgan fingerprint density at radius 3 is 2.64 bits per heavy atom. The summed E-state index contributed by atoms with van der Waals surface area (Å²) in [4.78, 5) is 0. The molecule has 0 heterocycles. The Hall–Kier alpha value is -0.380. The summed E-state index contributed by atoms with van der Waals surface area (Å²) in [5.74, 6) is 0.687. The van der Waals surface area contributed by atoms with Crippen LogP contribution in [0.2, 0.25) is 0 Å². The zero-order valence-electron chi connectivity index (χ0n) is 9.31. The number of rotatable bonds is 7. The number of nitrogens with one attached hydrogen (secondary N) is 1. The molecular weight excluding hydrogens is 176 g/mol. The summed E-state index contributed by atoms with van der Waals surface area (Å²) in [6, 6.07) is 0. The summed E-state index contributed by atoms with van der Waals surface area (Å²) in [5.41, 5.74) is 6.97. The Labute approximate surface area is 86.7 Å². The maximum atomic E-state index is 5.85. The van der Waals surface area contributed by atoms with Crippen molar-refractivity contribution in [2.45, 2.75) is 25.3 Å². The van der Waals surface area contributed by atoms with Gasteiger partial charge in [0.1, 0.15) is 0 Å². The van der Waals surface area contributed by atoms with E-state index in [9.17, 15) is 0 Å². The first-order valence-electron chi connectivity index (χ1n) is 5.23. The van der Waals surface area contributed by atoms with Crippen molar-refractivity contribution in [3.05, 3.63) is 12.2 Å². The van der Waals surface area contributed by atoms with Crippen molar-refractivity contribution in [2.24, 2.45) is 11.7 Å². The molecule has 1 rings (SSSR count). The van der Waals surface area contributed by atoms with E-state index in [1.807, 2.05) is 6.92 Å². The van der Waals surface area contributed by atoms with Crippen molar-refractivity contribution in [3.8, 4) is 0 Å². The molecule has 0 bridgehead atoms. The van der Waals surface area contributed by atoms with Gasteiger partial charge in [0.05, 0.1) is 12.1 Å². The minimum absolute atomic E-state index is 0.0201. The molecule has 0 aromatic carbocycles. The molecule has 0 radical (unpaired) electrons. The van der Waals surface area contributed by atoms with E-state index in [2.05, 4.69) is 11.9 Å². The smallest absolute Gasteiger partial charge is 0.0659 e. The fourth-order valence-electron chi connectivity index (χ4n) is 1.83. The van der Waals surface area contributed by atoms with Gasteiger partial charge in [-0.25, -0.2) is 0 Å². The molecule has 14 heavy (non-hydrogen) atoms. The molecule has 0 spiro atoms. The first-order chi connectivity index (χ1) is 6.64. The van der Waals surface area contributed by atoms with Gasteiger partial charge in [0.15, 0.2) is 0 Å². The van der Waals surface area contributed by atoms with Crippen LogP contribution in [-0.4, -0.2) is 32.3 Å². The predicted molar refractivity (Wildman–Crippen MR) is 59.2 cm³/mol. The summed E-state index contributed by atoms with van der Waals surface area (Å²) in [5, 5.41) is 3.50. The Morgan fingerprint density at radius 1 is 1.64 bits per heavy atom. The number of hydrogen-bond donors (Lipinski definition) is 2. The van der Waals surface area contributed by atoms with Crippen LogP contribution in [0.1, 0.15) is 19.8 Å². The average Bonchev–Trinajstić information content (AvgIpc) is 2.95. The fourth-order valence-corrected chi connectivity index (χ4v) is 1.83. The third-order valence-electron chi connectivity index (χ3n) is 2.87. The second-order valence-electron chi connectivity index (χ2n) is 4.38. The summed E-state index contributed by atoms with van der Waals surface area (Å²) >= 11 is 0. The third kappa shape index (κ3) is 2.80. The highest BCUT2D eigenvalue weighted by molar-refractivity contribution is 5.05. The van der Waals surface area contributed by atoms with Crippen LogP contribution in [0.4, 0.5) is 0 Å². The number of ether oxygens (including phenoxy) is 1. The molecule has 1 unspecified atom stereocenters. The maximum Gasteiger partial charge on any atom is 0.0659 e. The first-order valence-corrected chi connectivity index (χ1v) is 5.23. The zero-order valence-corrected chi connectivity index (χ0v) is 9.31. The molecule has 0 aliphatic heterocycles. The molecule has 1 fully saturated rings. The van der Waals surface area contributed by atoms with Crippen LogP contribution < -0.4 is 11.1 Å². The Morgan fingerprint density at radius 2 is 2.29 bits per heavy atom. The van der Waals surface area contributed by atoms with Crippen LogP contribution in [0, 0.1) is 5.92 Å². The highest BCUT2D eigenvalue weighted by Gasteiger charge is 2.43. The highest BCUT2D eigenvalue weighted by atomic mass is 16.5. The molecule has 1 aliphatic carbocycles. The highest BCUT2D eigenvalue weighted by Crippen LogP contribution is 2.39. The van der Waals surface area contributed by atoms with E-state index >= 15 is 0 Å². The van der Waals surface area contributed by atoms with Gasteiger partial charge in [-0.3, -0.25) is 0 Å². The van der Waals surface area contributed by atoms with E-state index in [4.69, 9.17) is 10.5 Å². The molecule has 1 atom stereocenters. The average molecular weight is 198 g/mol. The monoisotopic (exact) mass is 198 g/mol. The van der Waals surface area contributed by atoms with Gasteiger partial charge in [0, 0.05) is 20.2 Å². The minimum Gasteiger partial charge on any atom is -0.383 e. The summed E-state index contributed by atoms with van der Waals surface area (Å²) in [6.07, 6.45) is 2.54. The second kappa shape index (κ2) is 4.91. The van der Waals surface area contributed by atoms with Crippen molar-refractivity contribution in [3.63, 3.8) is 0 Å². The maximum absolute atomic E-state index is 5.85. The van der Waals surface area contributed by atoms with Crippen LogP contribution in [0.15, 0.2) is 12.2 Å². The SMILES string of the molecule is C=C(C)CNC(CN)(COC)C1CC1. The van der Waals surface area contributed by atoms with Crippen molar-refractivity contribution in [2.75, 3.05) is 26.8 Å². The lowest BCUT2D eigenvalue weighted by atomic mass is 9.94. The van der Waals surface area contributed by atoms with E-state index in [0.717, 1.165) is 12.1 Å². The molecule has 82 valence electrons. The van der Waals surface area contributed by atoms with E-state index in [0.29, 0.717) is 19.1 Å². The molecule has 3 N–H and O–H groups in total. The van der Waals surface area contributed by atoms with Gasteiger partial charge in [-0.2, -0.15) is 0 Å². The molecule has 0 aromatic heterocycles. The topological polar surface area (TPSA) is 47.3 Å². The standard InChI is InChI=1S/C11H22N2O/c1-9(2)6-13-11(7-12,8-14-3)10-4-5-10/h10,13H,1,4-8,12H2,2-3H3. The van der Waals surface area contributed by atoms with Crippen LogP contribution in [0.5, 0.6) is 0 Å². The van der Waals surface area contributed by atoms with Crippen molar-refractivity contribution in [1.29, 1.82) is 0 Å². The number of nitrogens with two attached hydrogens (primary N) is 1. The van der Waals surface area contributed by atoms with Crippen LogP contribution in [0.3, 0.4) is 0 Å². The largest absolute Gasteiger partial charge is 0.383 e. The van der Waals surface area contributed by atoms with Crippen molar-refractivity contribution < 1.29 is 4.74 Å². The number of methoxy groups -OCH3 is 1. The lowest BCUT2D eigenvalue weighted by molar-refractivity contribution is 0.101. The normalized spacial score (nSPS) is 20.5. The van der Waals surface area contributed by atoms with Gasteiger partial charge in [0.2, 0.25) is 0 Å². The van der Waals surface area contributed by atoms with E-state index in [-0.39, 0.29) is 5.54 Å². The fraction of sp³-hybridized carbons (Fsp3) is 0.818. The Kier molecular flexibility index (Phi) is 4.11. The third-order valence-corrected chi connectivity index (χ3v) is 2.87. The van der Waals surface area contributed by atoms with Gasteiger partial charge in [-0.15, -0.1) is 0 Å². The van der Waals surface area contributed by atoms with Crippen LogP contribution >= 0.6 is 0 Å². The second-order valence-corrected chi connectivity index (χ2v) is 4.38. The van der Waals surface area contributed by atoms with Crippen molar-refractivity contribution >= 4 is 0 Å². The molecule has 3 heteroatoms. The predicted octanol–water partition coefficient (Wildman–Crippen LogP) is 0.906. The first kappa shape index (κ1) is 11.7. The van der Waals surface area contributed by atoms with Gasteiger partial charge in [0.25, 0.3) is 0 Å². The summed E-state index contributed by atoms with van der Waals surface area (Å²) < 4.78 is 5.26. The molecule has 0 aromatic rings. The number of hydrogen-bond acceptors (Lipinski definition) is 3. The molecule has 1 saturated carbocycles. The summed E-state index contributed by atoms with van der Waals surface area (Å²) in [7, 11) is 1.73. The molecule has 3 nitrogen and oxygen atoms in total. The van der Waals surface area contributed by atoms with Crippen LogP contribution in [0.25, 0.3) is 0 Å². The molecule has 1 aliphatic rings. The molecule has 0 amide bonds. The molecular formula is C11H22N2O. The van der Waals surface area contributed by atoms with Gasteiger partial charge < -0.3 is 15.8 Å². The molecule has 0 saturated heterocycles. The lowest BCUT2D eigenvalue weighted by Crippen LogP contribution is -2.56. The summed E-state index contributed by atoms with van der Waals surface area (Å²) in [6.45, 7) is 8.07. The van der Waals surface area contributed by atoms with E-state index in [1.165, 1.54) is 12.8 Å². The minimum atomic E-state index is -0.0201. The van der Waals surface area contributed by atoms with Crippen LogP contribution in [-0.2, 0) is 4.74 Å². The quantitative estimate of drug-likeness (QED) is 0.598. The van der Waals surface area contributed by atoms with Gasteiger partial charge in [-0.1, -0.05) is 12.2 Å². The van der Waals surface area contributed by atoms with E-state index < -0.39 is 0 Å². The Bertz CT molecular complexity index is 201. The zero-order chi connectivity index (χ0) is 10.6. The van der Waals surface area contributed by atoms with Crippen molar-refractivity contribution in [1.82, 2.24) is 5.32 Å². The lowest BCUT2D eigenvalue weighted by Gasteiger charge is -2.33. The van der Waals surface area contributed by atoms with E-state index in [1.54, 1.807) is 7.11 Å². The van der Waals surface area contributed by atoms with Gasteiger partial charge in [-0.05, 0) is 25.7 Å². The van der Waals surface area contributed by atoms with Gasteiger partial charge >= 0.3 is 0 Å². The Balaban J connectivity index is 2.53.